The van der Waals surface area contributed by atoms with Gasteiger partial charge < -0.3 is 15.8 Å². The Morgan fingerprint density at radius 2 is 2.12 bits per heavy atom. The number of nitrogen functional groups attached to an aromatic ring is 1. The summed E-state index contributed by atoms with van der Waals surface area (Å²) in [5.41, 5.74) is 7.25. The number of hydrogen-bond acceptors (Lipinski definition) is 3. The summed E-state index contributed by atoms with van der Waals surface area (Å²) < 4.78 is 18.2. The van der Waals surface area contributed by atoms with Crippen molar-refractivity contribution >= 4 is 11.4 Å². The van der Waals surface area contributed by atoms with Crippen molar-refractivity contribution in [2.24, 2.45) is 5.41 Å². The van der Waals surface area contributed by atoms with Crippen molar-refractivity contribution in [3.05, 3.63) is 24.0 Å². The number of anilines is 2. The second-order valence-corrected chi connectivity index (χ2v) is 5.01. The fraction of sp³-hybridized carbons (Fsp3) is 0.538. The molecule has 1 saturated heterocycles. The smallest absolute Gasteiger partial charge is 0.125 e. The molecule has 0 saturated carbocycles. The Hall–Kier alpha value is -1.29. The lowest BCUT2D eigenvalue weighted by Crippen LogP contribution is -2.33. The van der Waals surface area contributed by atoms with E-state index in [1.165, 1.54) is 12.1 Å². The zero-order valence-corrected chi connectivity index (χ0v) is 10.1. The Morgan fingerprint density at radius 3 is 2.76 bits per heavy atom. The van der Waals surface area contributed by atoms with E-state index in [0.717, 1.165) is 38.3 Å². The Kier molecular flexibility index (Phi) is 3.52. The van der Waals surface area contributed by atoms with Crippen molar-refractivity contribution in [1.29, 1.82) is 0 Å². The molecule has 0 aromatic heterocycles. The largest absolute Gasteiger partial charge is 0.397 e. The van der Waals surface area contributed by atoms with Crippen LogP contribution in [0.1, 0.15) is 19.8 Å². The maximum Gasteiger partial charge on any atom is 0.125 e. The molecule has 1 aromatic rings. The van der Waals surface area contributed by atoms with Gasteiger partial charge in [-0.3, -0.25) is 0 Å². The number of hydrogen-bond donors (Lipinski definition) is 2. The maximum atomic E-state index is 12.9. The average Bonchev–Trinajstić information content (AvgIpc) is 2.29. The van der Waals surface area contributed by atoms with Gasteiger partial charge in [0.15, 0.2) is 0 Å². The van der Waals surface area contributed by atoms with E-state index in [0.29, 0.717) is 5.69 Å². The normalized spacial score (nSPS) is 18.9. The molecule has 0 spiro atoms. The van der Waals surface area contributed by atoms with Gasteiger partial charge in [-0.1, -0.05) is 6.92 Å². The van der Waals surface area contributed by atoms with Crippen molar-refractivity contribution in [2.45, 2.75) is 19.8 Å². The molecule has 1 heterocycles. The van der Waals surface area contributed by atoms with Gasteiger partial charge in [-0.2, -0.15) is 0 Å². The van der Waals surface area contributed by atoms with Crippen LogP contribution in [0.2, 0.25) is 0 Å². The molecule has 94 valence electrons. The molecule has 4 heteroatoms. The maximum absolute atomic E-state index is 12.9. The Bertz CT molecular complexity index is 389. The number of halogens is 1. The van der Waals surface area contributed by atoms with Gasteiger partial charge in [-0.15, -0.1) is 0 Å². The van der Waals surface area contributed by atoms with E-state index < -0.39 is 0 Å². The molecule has 0 bridgehead atoms. The zero-order valence-electron chi connectivity index (χ0n) is 10.1. The van der Waals surface area contributed by atoms with Crippen LogP contribution in [0.5, 0.6) is 0 Å². The van der Waals surface area contributed by atoms with Crippen molar-refractivity contribution in [1.82, 2.24) is 0 Å². The molecule has 0 amide bonds. The van der Waals surface area contributed by atoms with Crippen LogP contribution in [0.25, 0.3) is 0 Å². The van der Waals surface area contributed by atoms with Gasteiger partial charge >= 0.3 is 0 Å². The molecule has 1 aliphatic heterocycles. The van der Waals surface area contributed by atoms with Crippen molar-refractivity contribution in [2.75, 3.05) is 30.8 Å². The second-order valence-electron chi connectivity index (χ2n) is 5.01. The minimum absolute atomic E-state index is 0.235. The Balaban J connectivity index is 1.97. The quantitative estimate of drug-likeness (QED) is 0.796. The molecule has 1 fully saturated rings. The minimum Gasteiger partial charge on any atom is -0.397 e. The van der Waals surface area contributed by atoms with E-state index in [1.807, 2.05) is 0 Å². The summed E-state index contributed by atoms with van der Waals surface area (Å²) in [5, 5.41) is 3.30. The van der Waals surface area contributed by atoms with Gasteiger partial charge in [0.1, 0.15) is 5.82 Å². The summed E-state index contributed by atoms with van der Waals surface area (Å²) in [6.45, 7) is 4.71. The van der Waals surface area contributed by atoms with Crippen LogP contribution < -0.4 is 11.1 Å². The second kappa shape index (κ2) is 4.92. The van der Waals surface area contributed by atoms with E-state index in [1.54, 1.807) is 6.07 Å². The van der Waals surface area contributed by atoms with Crippen molar-refractivity contribution in [3.8, 4) is 0 Å². The topological polar surface area (TPSA) is 47.3 Å². The molecule has 0 unspecified atom stereocenters. The monoisotopic (exact) mass is 238 g/mol. The van der Waals surface area contributed by atoms with Crippen LogP contribution in [0, 0.1) is 11.2 Å². The zero-order chi connectivity index (χ0) is 12.3. The average molecular weight is 238 g/mol. The number of nitrogens with one attached hydrogen (secondary N) is 1. The number of ether oxygens (including phenoxy) is 1. The highest BCUT2D eigenvalue weighted by Gasteiger charge is 2.27. The summed E-state index contributed by atoms with van der Waals surface area (Å²) in [5.74, 6) is -0.301. The van der Waals surface area contributed by atoms with Crippen molar-refractivity contribution in [3.63, 3.8) is 0 Å². The highest BCUT2D eigenvalue weighted by molar-refractivity contribution is 5.65. The molecule has 3 nitrogen and oxygen atoms in total. The van der Waals surface area contributed by atoms with Crippen LogP contribution in [0.3, 0.4) is 0 Å². The number of rotatable bonds is 3. The van der Waals surface area contributed by atoms with Crippen LogP contribution in [0.4, 0.5) is 15.8 Å². The Labute approximate surface area is 101 Å². The lowest BCUT2D eigenvalue weighted by atomic mass is 9.82. The molecule has 1 aliphatic rings. The summed E-state index contributed by atoms with van der Waals surface area (Å²) in [4.78, 5) is 0. The summed E-state index contributed by atoms with van der Waals surface area (Å²) in [6, 6.07) is 4.45. The molecule has 1 aromatic carbocycles. The first-order valence-corrected chi connectivity index (χ1v) is 5.96. The standard InChI is InChI=1S/C13H19FN2O/c1-13(4-6-17-7-5-13)9-16-12-3-2-10(14)8-11(12)15/h2-3,8,16H,4-7,9,15H2,1H3. The van der Waals surface area contributed by atoms with Crippen LogP contribution in [-0.4, -0.2) is 19.8 Å². The minimum atomic E-state index is -0.301. The lowest BCUT2D eigenvalue weighted by Gasteiger charge is -2.34. The SMILES string of the molecule is CC1(CNc2ccc(F)cc2N)CCOCC1. The predicted molar refractivity (Wildman–Crippen MR) is 67.5 cm³/mol. The van der Waals surface area contributed by atoms with E-state index >= 15 is 0 Å². The highest BCUT2D eigenvalue weighted by Crippen LogP contribution is 2.30. The van der Waals surface area contributed by atoms with Gasteiger partial charge in [0.05, 0.1) is 11.4 Å². The fourth-order valence-corrected chi connectivity index (χ4v) is 2.04. The molecular formula is C13H19FN2O. The first kappa shape index (κ1) is 12.2. The molecule has 0 aliphatic carbocycles. The van der Waals surface area contributed by atoms with E-state index in [4.69, 9.17) is 10.5 Å². The third kappa shape index (κ3) is 3.09. The summed E-state index contributed by atoms with van der Waals surface area (Å²) in [6.07, 6.45) is 2.09. The molecular weight excluding hydrogens is 219 g/mol. The Morgan fingerprint density at radius 1 is 1.41 bits per heavy atom. The van der Waals surface area contributed by atoms with Crippen molar-refractivity contribution < 1.29 is 9.13 Å². The molecule has 2 rings (SSSR count). The van der Waals surface area contributed by atoms with Gasteiger partial charge in [0.25, 0.3) is 0 Å². The van der Waals surface area contributed by atoms with E-state index in [-0.39, 0.29) is 11.2 Å². The van der Waals surface area contributed by atoms with Gasteiger partial charge in [-0.25, -0.2) is 4.39 Å². The first-order chi connectivity index (χ1) is 8.09. The van der Waals surface area contributed by atoms with Crippen LogP contribution in [0.15, 0.2) is 18.2 Å². The van der Waals surface area contributed by atoms with Gasteiger partial charge in [0.2, 0.25) is 0 Å². The fourth-order valence-electron chi connectivity index (χ4n) is 2.04. The third-order valence-corrected chi connectivity index (χ3v) is 3.42. The first-order valence-electron chi connectivity index (χ1n) is 5.96. The van der Waals surface area contributed by atoms with Crippen LogP contribution in [-0.2, 0) is 4.74 Å². The van der Waals surface area contributed by atoms with Gasteiger partial charge in [-0.05, 0) is 36.5 Å². The molecule has 0 radical (unpaired) electrons. The third-order valence-electron chi connectivity index (χ3n) is 3.42. The molecule has 0 atom stereocenters. The number of benzene rings is 1. The summed E-state index contributed by atoms with van der Waals surface area (Å²) in [7, 11) is 0. The highest BCUT2D eigenvalue weighted by atomic mass is 19.1. The lowest BCUT2D eigenvalue weighted by molar-refractivity contribution is 0.0300. The van der Waals surface area contributed by atoms with Gasteiger partial charge in [0, 0.05) is 19.8 Å². The van der Waals surface area contributed by atoms with E-state index in [9.17, 15) is 4.39 Å². The van der Waals surface area contributed by atoms with Crippen LogP contribution >= 0.6 is 0 Å². The molecule has 17 heavy (non-hydrogen) atoms. The summed E-state index contributed by atoms with van der Waals surface area (Å²) >= 11 is 0. The molecule has 3 N–H and O–H groups in total. The number of nitrogens with two attached hydrogens (primary N) is 1. The predicted octanol–water partition coefficient (Wildman–Crippen LogP) is 2.64. The van der Waals surface area contributed by atoms with E-state index in [2.05, 4.69) is 12.2 Å².